The van der Waals surface area contributed by atoms with Crippen molar-refractivity contribution < 1.29 is 4.79 Å². The fourth-order valence-corrected chi connectivity index (χ4v) is 2.12. The van der Waals surface area contributed by atoms with Crippen molar-refractivity contribution in [3.05, 3.63) is 0 Å². The first-order valence-electron chi connectivity index (χ1n) is 6.49. The minimum Gasteiger partial charge on any atom is -0.344 e. The van der Waals surface area contributed by atoms with Gasteiger partial charge < -0.3 is 10.2 Å². The van der Waals surface area contributed by atoms with Crippen molar-refractivity contribution in [3.63, 3.8) is 0 Å². The molecule has 1 saturated heterocycles. The fourth-order valence-electron chi connectivity index (χ4n) is 2.12. The van der Waals surface area contributed by atoms with Crippen LogP contribution < -0.4 is 5.32 Å². The SMILES string of the molecule is CC(C)CCN(C)C(=O)C1CC(C)CCN1. The maximum absolute atomic E-state index is 12.1. The lowest BCUT2D eigenvalue weighted by Crippen LogP contribution is -2.49. The average Bonchev–Trinajstić information content (AvgIpc) is 2.24. The van der Waals surface area contributed by atoms with E-state index in [9.17, 15) is 4.79 Å². The van der Waals surface area contributed by atoms with Crippen LogP contribution in [0, 0.1) is 11.8 Å². The van der Waals surface area contributed by atoms with E-state index in [0.29, 0.717) is 11.8 Å². The summed E-state index contributed by atoms with van der Waals surface area (Å²) in [5.74, 6) is 1.61. The molecule has 3 heteroatoms. The standard InChI is InChI=1S/C13H26N2O/c1-10(2)6-8-15(4)13(16)12-9-11(3)5-7-14-12/h10-12,14H,5-9H2,1-4H3. The first kappa shape index (κ1) is 13.5. The summed E-state index contributed by atoms with van der Waals surface area (Å²) in [5.41, 5.74) is 0. The van der Waals surface area contributed by atoms with E-state index in [1.165, 1.54) is 6.42 Å². The number of nitrogens with one attached hydrogen (secondary N) is 1. The van der Waals surface area contributed by atoms with E-state index in [0.717, 1.165) is 25.9 Å². The van der Waals surface area contributed by atoms with Crippen LogP contribution in [0.3, 0.4) is 0 Å². The Morgan fingerprint density at radius 1 is 1.50 bits per heavy atom. The van der Waals surface area contributed by atoms with Gasteiger partial charge in [-0.25, -0.2) is 0 Å². The molecule has 1 aliphatic heterocycles. The molecule has 1 rings (SSSR count). The van der Waals surface area contributed by atoms with Gasteiger partial charge in [0.2, 0.25) is 5.91 Å². The summed E-state index contributed by atoms with van der Waals surface area (Å²) in [5, 5.41) is 3.33. The Hall–Kier alpha value is -0.570. The van der Waals surface area contributed by atoms with E-state index in [4.69, 9.17) is 0 Å². The van der Waals surface area contributed by atoms with Crippen molar-refractivity contribution in [2.24, 2.45) is 11.8 Å². The van der Waals surface area contributed by atoms with E-state index in [1.54, 1.807) is 0 Å². The molecule has 0 saturated carbocycles. The topological polar surface area (TPSA) is 32.3 Å². The Bertz CT molecular complexity index is 228. The lowest BCUT2D eigenvalue weighted by Gasteiger charge is -2.30. The van der Waals surface area contributed by atoms with E-state index in [1.807, 2.05) is 11.9 Å². The van der Waals surface area contributed by atoms with Crippen molar-refractivity contribution in [1.82, 2.24) is 10.2 Å². The van der Waals surface area contributed by atoms with Crippen LogP contribution in [-0.4, -0.2) is 37.0 Å². The zero-order chi connectivity index (χ0) is 12.1. The van der Waals surface area contributed by atoms with Crippen LogP contribution in [0.2, 0.25) is 0 Å². The molecule has 3 nitrogen and oxygen atoms in total. The normalized spacial score (nSPS) is 25.8. The molecule has 1 fully saturated rings. The first-order valence-corrected chi connectivity index (χ1v) is 6.49. The van der Waals surface area contributed by atoms with Crippen LogP contribution in [0.15, 0.2) is 0 Å². The second kappa shape index (κ2) is 6.24. The zero-order valence-corrected chi connectivity index (χ0v) is 11.1. The molecule has 2 unspecified atom stereocenters. The van der Waals surface area contributed by atoms with Gasteiger partial charge in [-0.3, -0.25) is 4.79 Å². The van der Waals surface area contributed by atoms with Gasteiger partial charge >= 0.3 is 0 Å². The fraction of sp³-hybridized carbons (Fsp3) is 0.923. The highest BCUT2D eigenvalue weighted by Crippen LogP contribution is 2.16. The Labute approximate surface area is 99.6 Å². The molecule has 0 aromatic carbocycles. The highest BCUT2D eigenvalue weighted by Gasteiger charge is 2.26. The Morgan fingerprint density at radius 3 is 2.75 bits per heavy atom. The summed E-state index contributed by atoms with van der Waals surface area (Å²) < 4.78 is 0. The van der Waals surface area contributed by atoms with Crippen molar-refractivity contribution in [2.75, 3.05) is 20.1 Å². The molecule has 0 aromatic heterocycles. The molecule has 0 aromatic rings. The maximum Gasteiger partial charge on any atom is 0.239 e. The van der Waals surface area contributed by atoms with Gasteiger partial charge in [-0.15, -0.1) is 0 Å². The predicted octanol–water partition coefficient (Wildman–Crippen LogP) is 1.88. The number of hydrogen-bond acceptors (Lipinski definition) is 2. The van der Waals surface area contributed by atoms with Crippen molar-refractivity contribution in [1.29, 1.82) is 0 Å². The third-order valence-electron chi connectivity index (χ3n) is 3.38. The molecule has 16 heavy (non-hydrogen) atoms. The number of amides is 1. The summed E-state index contributed by atoms with van der Waals surface area (Å²) >= 11 is 0. The van der Waals surface area contributed by atoms with Gasteiger partial charge in [0.05, 0.1) is 6.04 Å². The monoisotopic (exact) mass is 226 g/mol. The van der Waals surface area contributed by atoms with Gasteiger partial charge in [0.25, 0.3) is 0 Å². The van der Waals surface area contributed by atoms with Gasteiger partial charge in [0.15, 0.2) is 0 Å². The first-order chi connectivity index (χ1) is 7.50. The molecule has 1 amide bonds. The molecule has 94 valence electrons. The Kier molecular flexibility index (Phi) is 5.26. The number of rotatable bonds is 4. The third kappa shape index (κ3) is 4.12. The van der Waals surface area contributed by atoms with Gasteiger partial charge in [-0.1, -0.05) is 20.8 Å². The van der Waals surface area contributed by atoms with Crippen LogP contribution in [0.4, 0.5) is 0 Å². The van der Waals surface area contributed by atoms with E-state index >= 15 is 0 Å². The highest BCUT2D eigenvalue weighted by atomic mass is 16.2. The largest absolute Gasteiger partial charge is 0.344 e. The smallest absolute Gasteiger partial charge is 0.239 e. The second-order valence-corrected chi connectivity index (χ2v) is 5.58. The summed E-state index contributed by atoms with van der Waals surface area (Å²) in [6.07, 6.45) is 3.27. The number of nitrogens with zero attached hydrogens (tertiary/aromatic N) is 1. The van der Waals surface area contributed by atoms with Crippen LogP contribution in [0.1, 0.15) is 40.0 Å². The molecule has 1 aliphatic rings. The van der Waals surface area contributed by atoms with Crippen LogP contribution in [-0.2, 0) is 4.79 Å². The molecular formula is C13H26N2O. The number of hydrogen-bond donors (Lipinski definition) is 1. The van der Waals surface area contributed by atoms with Crippen LogP contribution in [0.25, 0.3) is 0 Å². The summed E-state index contributed by atoms with van der Waals surface area (Å²) in [4.78, 5) is 14.0. The number of carbonyl (C=O) groups excluding carboxylic acids is 1. The minimum atomic E-state index is 0.0564. The van der Waals surface area contributed by atoms with Crippen LogP contribution >= 0.6 is 0 Å². The van der Waals surface area contributed by atoms with Crippen molar-refractivity contribution in [3.8, 4) is 0 Å². The Balaban J connectivity index is 2.37. The highest BCUT2D eigenvalue weighted by molar-refractivity contribution is 5.81. The quantitative estimate of drug-likeness (QED) is 0.794. The maximum atomic E-state index is 12.1. The third-order valence-corrected chi connectivity index (χ3v) is 3.38. The molecule has 2 atom stereocenters. The summed E-state index contributed by atoms with van der Waals surface area (Å²) in [6, 6.07) is 0.0564. The Morgan fingerprint density at radius 2 is 2.19 bits per heavy atom. The molecule has 0 radical (unpaired) electrons. The van der Waals surface area contributed by atoms with E-state index in [-0.39, 0.29) is 11.9 Å². The predicted molar refractivity (Wildman–Crippen MR) is 67.3 cm³/mol. The van der Waals surface area contributed by atoms with E-state index < -0.39 is 0 Å². The lowest BCUT2D eigenvalue weighted by atomic mass is 9.93. The zero-order valence-electron chi connectivity index (χ0n) is 11.1. The van der Waals surface area contributed by atoms with Crippen molar-refractivity contribution in [2.45, 2.75) is 46.1 Å². The second-order valence-electron chi connectivity index (χ2n) is 5.58. The molecule has 0 bridgehead atoms. The van der Waals surface area contributed by atoms with Gasteiger partial charge in [-0.05, 0) is 37.6 Å². The lowest BCUT2D eigenvalue weighted by molar-refractivity contribution is -0.133. The van der Waals surface area contributed by atoms with Gasteiger partial charge in [0, 0.05) is 13.6 Å². The summed E-state index contributed by atoms with van der Waals surface area (Å²) in [6.45, 7) is 8.48. The average molecular weight is 226 g/mol. The van der Waals surface area contributed by atoms with Crippen molar-refractivity contribution >= 4 is 5.91 Å². The molecule has 1 N–H and O–H groups in total. The molecule has 1 heterocycles. The number of likely N-dealkylation sites (N-methyl/N-ethyl adjacent to an activating group) is 1. The molecule has 0 spiro atoms. The van der Waals surface area contributed by atoms with Gasteiger partial charge in [0.1, 0.15) is 0 Å². The summed E-state index contributed by atoms with van der Waals surface area (Å²) in [7, 11) is 1.92. The van der Waals surface area contributed by atoms with Gasteiger partial charge in [-0.2, -0.15) is 0 Å². The number of piperidine rings is 1. The molecule has 0 aliphatic carbocycles. The molecular weight excluding hydrogens is 200 g/mol. The minimum absolute atomic E-state index is 0.0564. The number of carbonyl (C=O) groups is 1. The van der Waals surface area contributed by atoms with E-state index in [2.05, 4.69) is 26.1 Å². The van der Waals surface area contributed by atoms with Crippen LogP contribution in [0.5, 0.6) is 0 Å².